The molecule has 0 fully saturated rings. The van der Waals surface area contributed by atoms with Crippen LogP contribution in [-0.4, -0.2) is 52.2 Å². The van der Waals surface area contributed by atoms with Crippen molar-refractivity contribution in [2.45, 2.75) is 57.7 Å². The first-order valence-electron chi connectivity index (χ1n) is 8.87. The Morgan fingerprint density at radius 2 is 1.58 bits per heavy atom. The van der Waals surface area contributed by atoms with Crippen molar-refractivity contribution in [3.8, 4) is 5.75 Å². The van der Waals surface area contributed by atoms with Gasteiger partial charge in [0.25, 0.3) is 0 Å². The van der Waals surface area contributed by atoms with Gasteiger partial charge in [0.2, 0.25) is 5.60 Å². The summed E-state index contributed by atoms with van der Waals surface area (Å²) in [5.74, 6) is -2.14. The standard InChI is InChI=1S/C19H28O7/c1-3-5-11-25-17(22)16(21)19(24,18(23)26-12-6-4-2)13-14-7-9-15(20)10-8-14/h7-10,16,20-21,24H,3-6,11-13H2,1-2H3. The molecule has 0 aromatic heterocycles. The minimum Gasteiger partial charge on any atom is -0.508 e. The number of esters is 2. The SMILES string of the molecule is CCCCOC(=O)C(O)C(O)(Cc1ccc(O)cc1)C(=O)OCCCC. The highest BCUT2D eigenvalue weighted by Gasteiger charge is 2.49. The fourth-order valence-corrected chi connectivity index (χ4v) is 2.23. The van der Waals surface area contributed by atoms with Gasteiger partial charge < -0.3 is 24.8 Å². The summed E-state index contributed by atoms with van der Waals surface area (Å²) in [4.78, 5) is 24.5. The zero-order valence-corrected chi connectivity index (χ0v) is 15.3. The summed E-state index contributed by atoms with van der Waals surface area (Å²) in [7, 11) is 0. The summed E-state index contributed by atoms with van der Waals surface area (Å²) in [5.41, 5.74) is -2.04. The molecular formula is C19H28O7. The van der Waals surface area contributed by atoms with Crippen LogP contribution in [0.3, 0.4) is 0 Å². The molecule has 0 saturated carbocycles. The Morgan fingerprint density at radius 3 is 2.12 bits per heavy atom. The summed E-state index contributed by atoms with van der Waals surface area (Å²) in [6, 6.07) is 5.72. The van der Waals surface area contributed by atoms with Crippen molar-refractivity contribution < 1.29 is 34.4 Å². The van der Waals surface area contributed by atoms with E-state index in [1.165, 1.54) is 24.3 Å². The number of aliphatic hydroxyl groups excluding tert-OH is 1. The highest BCUT2D eigenvalue weighted by molar-refractivity contribution is 5.89. The Morgan fingerprint density at radius 1 is 1.04 bits per heavy atom. The van der Waals surface area contributed by atoms with Crippen LogP contribution in [0.2, 0.25) is 0 Å². The van der Waals surface area contributed by atoms with Crippen LogP contribution >= 0.6 is 0 Å². The second kappa shape index (κ2) is 10.8. The van der Waals surface area contributed by atoms with Crippen molar-refractivity contribution >= 4 is 11.9 Å². The molecule has 0 radical (unpaired) electrons. The smallest absolute Gasteiger partial charge is 0.341 e. The van der Waals surface area contributed by atoms with Crippen molar-refractivity contribution in [1.29, 1.82) is 0 Å². The van der Waals surface area contributed by atoms with Gasteiger partial charge in [0.15, 0.2) is 6.10 Å². The summed E-state index contributed by atoms with van der Waals surface area (Å²) in [6.07, 6.45) is 0.337. The minimum absolute atomic E-state index is 0.0161. The molecule has 7 nitrogen and oxygen atoms in total. The Hall–Kier alpha value is -2.12. The number of aliphatic hydroxyl groups is 2. The number of phenols is 1. The molecule has 0 aliphatic heterocycles. The van der Waals surface area contributed by atoms with E-state index >= 15 is 0 Å². The van der Waals surface area contributed by atoms with E-state index in [0.717, 1.165) is 12.8 Å². The summed E-state index contributed by atoms with van der Waals surface area (Å²) >= 11 is 0. The molecule has 0 saturated heterocycles. The van der Waals surface area contributed by atoms with E-state index in [1.54, 1.807) is 0 Å². The van der Waals surface area contributed by atoms with Gasteiger partial charge in [0.05, 0.1) is 13.2 Å². The van der Waals surface area contributed by atoms with Crippen LogP contribution in [0.25, 0.3) is 0 Å². The monoisotopic (exact) mass is 368 g/mol. The lowest BCUT2D eigenvalue weighted by molar-refractivity contribution is -0.190. The average Bonchev–Trinajstić information content (AvgIpc) is 2.63. The molecule has 0 bridgehead atoms. The number of hydrogen-bond donors (Lipinski definition) is 3. The molecule has 2 atom stereocenters. The van der Waals surface area contributed by atoms with Crippen LogP contribution in [-0.2, 0) is 25.5 Å². The molecule has 0 aliphatic carbocycles. The van der Waals surface area contributed by atoms with E-state index < -0.39 is 23.6 Å². The fourth-order valence-electron chi connectivity index (χ4n) is 2.23. The third-order valence-corrected chi connectivity index (χ3v) is 3.91. The third-order valence-electron chi connectivity index (χ3n) is 3.91. The highest BCUT2D eigenvalue weighted by atomic mass is 16.6. The van der Waals surface area contributed by atoms with E-state index in [-0.39, 0.29) is 25.4 Å². The molecule has 146 valence electrons. The topological polar surface area (TPSA) is 113 Å². The Bertz CT molecular complexity index is 570. The number of phenolic OH excluding ortho intramolecular Hbond substituents is 1. The van der Waals surface area contributed by atoms with E-state index in [2.05, 4.69) is 0 Å². The number of ether oxygens (including phenoxy) is 2. The Balaban J connectivity index is 2.96. The molecule has 1 aromatic rings. The second-order valence-corrected chi connectivity index (χ2v) is 6.18. The van der Waals surface area contributed by atoms with Gasteiger partial charge in [-0.05, 0) is 30.5 Å². The molecule has 1 rings (SSSR count). The van der Waals surface area contributed by atoms with Crippen molar-refractivity contribution in [2.75, 3.05) is 13.2 Å². The van der Waals surface area contributed by atoms with Crippen LogP contribution in [0.15, 0.2) is 24.3 Å². The van der Waals surface area contributed by atoms with Crippen molar-refractivity contribution in [3.05, 3.63) is 29.8 Å². The molecule has 0 heterocycles. The lowest BCUT2D eigenvalue weighted by atomic mass is 9.88. The van der Waals surface area contributed by atoms with Gasteiger partial charge >= 0.3 is 11.9 Å². The lowest BCUT2D eigenvalue weighted by Gasteiger charge is -2.29. The second-order valence-electron chi connectivity index (χ2n) is 6.18. The largest absolute Gasteiger partial charge is 0.508 e. The zero-order chi connectivity index (χ0) is 19.6. The number of hydrogen-bond acceptors (Lipinski definition) is 7. The van der Waals surface area contributed by atoms with Gasteiger partial charge in [0, 0.05) is 6.42 Å². The lowest BCUT2D eigenvalue weighted by Crippen LogP contribution is -2.56. The quantitative estimate of drug-likeness (QED) is 0.402. The molecule has 0 aliphatic rings. The van der Waals surface area contributed by atoms with Crippen molar-refractivity contribution in [2.24, 2.45) is 0 Å². The maximum absolute atomic E-state index is 12.4. The number of unbranched alkanes of at least 4 members (excludes halogenated alkanes) is 2. The van der Waals surface area contributed by atoms with E-state index in [1.807, 2.05) is 13.8 Å². The van der Waals surface area contributed by atoms with Crippen molar-refractivity contribution in [1.82, 2.24) is 0 Å². The Kier molecular flexibility index (Phi) is 9.09. The first-order chi connectivity index (χ1) is 12.3. The molecule has 2 unspecified atom stereocenters. The molecule has 3 N–H and O–H groups in total. The number of rotatable bonds is 11. The van der Waals surface area contributed by atoms with Crippen molar-refractivity contribution in [3.63, 3.8) is 0 Å². The van der Waals surface area contributed by atoms with Gasteiger partial charge in [0.1, 0.15) is 5.75 Å². The first kappa shape index (κ1) is 21.9. The first-order valence-corrected chi connectivity index (χ1v) is 8.87. The molecule has 26 heavy (non-hydrogen) atoms. The van der Waals surface area contributed by atoms with Crippen LogP contribution < -0.4 is 0 Å². The molecular weight excluding hydrogens is 340 g/mol. The number of carbonyl (C=O) groups is 2. The average molecular weight is 368 g/mol. The van der Waals surface area contributed by atoms with Gasteiger partial charge in [-0.3, -0.25) is 0 Å². The van der Waals surface area contributed by atoms with Gasteiger partial charge in [-0.25, -0.2) is 9.59 Å². The number of benzene rings is 1. The van der Waals surface area contributed by atoms with Crippen LogP contribution in [0.1, 0.15) is 45.1 Å². The fraction of sp³-hybridized carbons (Fsp3) is 0.579. The third kappa shape index (κ3) is 6.31. The highest BCUT2D eigenvalue weighted by Crippen LogP contribution is 2.23. The van der Waals surface area contributed by atoms with Crippen LogP contribution in [0, 0.1) is 0 Å². The van der Waals surface area contributed by atoms with E-state index in [9.17, 15) is 24.9 Å². The van der Waals surface area contributed by atoms with Gasteiger partial charge in [-0.2, -0.15) is 0 Å². The predicted octanol–water partition coefficient (Wildman–Crippen LogP) is 1.71. The Labute approximate surface area is 153 Å². The normalized spacial score (nSPS) is 14.3. The summed E-state index contributed by atoms with van der Waals surface area (Å²) in [5, 5.41) is 30.5. The minimum atomic E-state index is -2.48. The van der Waals surface area contributed by atoms with Crippen LogP contribution in [0.5, 0.6) is 5.75 Å². The number of aromatic hydroxyl groups is 1. The summed E-state index contributed by atoms with van der Waals surface area (Å²) < 4.78 is 9.96. The maximum Gasteiger partial charge on any atom is 0.341 e. The number of carbonyl (C=O) groups excluding carboxylic acids is 2. The predicted molar refractivity (Wildman–Crippen MR) is 94.5 cm³/mol. The van der Waals surface area contributed by atoms with Gasteiger partial charge in [-0.15, -0.1) is 0 Å². The molecule has 7 heteroatoms. The zero-order valence-electron chi connectivity index (χ0n) is 15.3. The van der Waals surface area contributed by atoms with Gasteiger partial charge in [-0.1, -0.05) is 38.8 Å². The van der Waals surface area contributed by atoms with E-state index in [0.29, 0.717) is 18.4 Å². The molecule has 0 spiro atoms. The maximum atomic E-state index is 12.4. The molecule has 1 aromatic carbocycles. The molecule has 0 amide bonds. The van der Waals surface area contributed by atoms with E-state index in [4.69, 9.17) is 9.47 Å². The summed E-state index contributed by atoms with van der Waals surface area (Å²) in [6.45, 7) is 3.99. The van der Waals surface area contributed by atoms with Crippen LogP contribution in [0.4, 0.5) is 0 Å².